The van der Waals surface area contributed by atoms with Crippen molar-refractivity contribution in [1.82, 2.24) is 0 Å². The van der Waals surface area contributed by atoms with Gasteiger partial charge in [0, 0.05) is 0 Å². The van der Waals surface area contributed by atoms with E-state index in [-0.39, 0.29) is 0 Å². The summed E-state index contributed by atoms with van der Waals surface area (Å²) in [5.74, 6) is 0.722. The highest BCUT2D eigenvalue weighted by Crippen LogP contribution is 2.37. The maximum atomic E-state index is 2.37. The molecule has 0 fully saturated rings. The van der Waals surface area contributed by atoms with Gasteiger partial charge in [0.15, 0.2) is 0 Å². The summed E-state index contributed by atoms with van der Waals surface area (Å²) < 4.78 is 0. The third-order valence-corrected chi connectivity index (χ3v) is 5.34. The maximum Gasteiger partial charge on any atom is -0.0102 e. The van der Waals surface area contributed by atoms with Crippen molar-refractivity contribution in [3.05, 3.63) is 96.1 Å². The van der Waals surface area contributed by atoms with Crippen molar-refractivity contribution in [1.29, 1.82) is 0 Å². The molecule has 0 bridgehead atoms. The van der Waals surface area contributed by atoms with E-state index in [4.69, 9.17) is 0 Å². The molecule has 0 N–H and O–H groups in total. The van der Waals surface area contributed by atoms with Crippen LogP contribution in [0.3, 0.4) is 0 Å². The third-order valence-electron chi connectivity index (χ3n) is 5.34. The number of hydrogen-bond donors (Lipinski definition) is 0. The molecule has 1 unspecified atom stereocenters. The molecule has 0 radical (unpaired) electrons. The normalized spacial score (nSPS) is 16.1. The van der Waals surface area contributed by atoms with Gasteiger partial charge in [-0.2, -0.15) is 0 Å². The molecule has 0 heteroatoms. The first-order valence-corrected chi connectivity index (χ1v) is 9.28. The molecule has 124 valence electrons. The Labute approximate surface area is 150 Å². The van der Waals surface area contributed by atoms with Crippen LogP contribution in [0.25, 0.3) is 21.5 Å². The molecule has 4 aromatic rings. The van der Waals surface area contributed by atoms with Crippen LogP contribution in [0.15, 0.2) is 84.9 Å². The van der Waals surface area contributed by atoms with Crippen LogP contribution in [0.1, 0.15) is 36.8 Å². The second-order valence-corrected chi connectivity index (χ2v) is 6.96. The van der Waals surface area contributed by atoms with Gasteiger partial charge in [0.05, 0.1) is 0 Å². The Hall–Kier alpha value is -2.60. The van der Waals surface area contributed by atoms with Crippen LogP contribution in [0.2, 0.25) is 0 Å². The predicted molar refractivity (Wildman–Crippen MR) is 109 cm³/mol. The minimum absolute atomic E-state index is 0.722. The van der Waals surface area contributed by atoms with Crippen molar-refractivity contribution in [2.45, 2.75) is 32.1 Å². The summed E-state index contributed by atoms with van der Waals surface area (Å²) >= 11 is 0. The molecule has 1 atom stereocenters. The molecule has 0 saturated carbocycles. The van der Waals surface area contributed by atoms with Crippen molar-refractivity contribution in [2.24, 2.45) is 0 Å². The number of fused-ring (bicyclic) bond motifs is 5. The SMILES string of the molecule is CC1CCCc2c1ccc1c2ccc2ccccc21.c1ccccc1. The van der Waals surface area contributed by atoms with Crippen LogP contribution in [-0.4, -0.2) is 0 Å². The fourth-order valence-corrected chi connectivity index (χ4v) is 4.03. The van der Waals surface area contributed by atoms with Gasteiger partial charge in [-0.25, -0.2) is 0 Å². The molecule has 0 aromatic heterocycles. The smallest absolute Gasteiger partial charge is 0.0102 e. The summed E-state index contributed by atoms with van der Waals surface area (Å²) in [4.78, 5) is 0. The van der Waals surface area contributed by atoms with E-state index in [0.29, 0.717) is 0 Å². The van der Waals surface area contributed by atoms with Gasteiger partial charge in [-0.15, -0.1) is 0 Å². The first kappa shape index (κ1) is 15.9. The van der Waals surface area contributed by atoms with E-state index >= 15 is 0 Å². The highest BCUT2D eigenvalue weighted by molar-refractivity contribution is 6.08. The summed E-state index contributed by atoms with van der Waals surface area (Å²) in [6.45, 7) is 2.37. The van der Waals surface area contributed by atoms with Crippen molar-refractivity contribution in [3.63, 3.8) is 0 Å². The van der Waals surface area contributed by atoms with Crippen molar-refractivity contribution in [3.8, 4) is 0 Å². The largest absolute Gasteiger partial charge is 0.0623 e. The molecule has 0 heterocycles. The van der Waals surface area contributed by atoms with E-state index < -0.39 is 0 Å². The summed E-state index contributed by atoms with van der Waals surface area (Å²) in [6, 6.07) is 30.0. The van der Waals surface area contributed by atoms with Gasteiger partial charge in [0.25, 0.3) is 0 Å². The average molecular weight is 324 g/mol. The van der Waals surface area contributed by atoms with Crippen LogP contribution in [-0.2, 0) is 6.42 Å². The zero-order valence-electron chi connectivity index (χ0n) is 14.8. The van der Waals surface area contributed by atoms with E-state index in [9.17, 15) is 0 Å². The minimum atomic E-state index is 0.722. The monoisotopic (exact) mass is 324 g/mol. The van der Waals surface area contributed by atoms with Crippen molar-refractivity contribution < 1.29 is 0 Å². The molecule has 25 heavy (non-hydrogen) atoms. The lowest BCUT2D eigenvalue weighted by Gasteiger charge is -2.24. The molecule has 4 aromatic carbocycles. The van der Waals surface area contributed by atoms with Gasteiger partial charge in [-0.1, -0.05) is 91.9 Å². The van der Waals surface area contributed by atoms with Crippen LogP contribution >= 0.6 is 0 Å². The summed E-state index contributed by atoms with van der Waals surface area (Å²) in [6.07, 6.45) is 3.92. The second-order valence-electron chi connectivity index (χ2n) is 6.96. The number of benzene rings is 4. The maximum absolute atomic E-state index is 2.37. The highest BCUT2D eigenvalue weighted by atomic mass is 14.2. The first-order valence-electron chi connectivity index (χ1n) is 9.28. The fourth-order valence-electron chi connectivity index (χ4n) is 4.03. The third kappa shape index (κ3) is 3.17. The Kier molecular flexibility index (Phi) is 4.52. The molecule has 0 aliphatic heterocycles. The Morgan fingerprint density at radius 2 is 1.32 bits per heavy atom. The van der Waals surface area contributed by atoms with Gasteiger partial charge in [0.1, 0.15) is 0 Å². The van der Waals surface area contributed by atoms with Gasteiger partial charge < -0.3 is 0 Å². The molecule has 1 aliphatic carbocycles. The first-order chi connectivity index (χ1) is 12.3. The van der Waals surface area contributed by atoms with E-state index in [1.54, 1.807) is 11.1 Å². The molecular weight excluding hydrogens is 300 g/mol. The van der Waals surface area contributed by atoms with Gasteiger partial charge in [-0.3, -0.25) is 0 Å². The average Bonchev–Trinajstić information content (AvgIpc) is 2.69. The van der Waals surface area contributed by atoms with Crippen LogP contribution < -0.4 is 0 Å². The quantitative estimate of drug-likeness (QED) is 0.302. The molecule has 1 aliphatic rings. The Morgan fingerprint density at radius 3 is 2.08 bits per heavy atom. The number of hydrogen-bond acceptors (Lipinski definition) is 0. The highest BCUT2D eigenvalue weighted by Gasteiger charge is 2.18. The minimum Gasteiger partial charge on any atom is -0.0623 e. The zero-order chi connectivity index (χ0) is 17.1. The predicted octanol–water partition coefficient (Wildman–Crippen LogP) is 7.12. The van der Waals surface area contributed by atoms with Crippen molar-refractivity contribution in [2.75, 3.05) is 0 Å². The molecular formula is C25H24. The van der Waals surface area contributed by atoms with E-state index in [1.165, 1.54) is 40.8 Å². The van der Waals surface area contributed by atoms with E-state index in [2.05, 4.69) is 55.5 Å². The number of aryl methyl sites for hydroxylation is 1. The summed E-state index contributed by atoms with van der Waals surface area (Å²) in [7, 11) is 0. The summed E-state index contributed by atoms with van der Waals surface area (Å²) in [5, 5.41) is 5.63. The molecule has 0 nitrogen and oxygen atoms in total. The molecule has 0 saturated heterocycles. The van der Waals surface area contributed by atoms with Gasteiger partial charge >= 0.3 is 0 Å². The molecule has 0 amide bonds. The lowest BCUT2D eigenvalue weighted by molar-refractivity contribution is 0.593. The zero-order valence-corrected chi connectivity index (χ0v) is 14.8. The lowest BCUT2D eigenvalue weighted by atomic mass is 9.81. The van der Waals surface area contributed by atoms with Gasteiger partial charge in [0.2, 0.25) is 0 Å². The van der Waals surface area contributed by atoms with E-state index in [1.807, 2.05) is 36.4 Å². The van der Waals surface area contributed by atoms with E-state index in [0.717, 1.165) is 5.92 Å². The van der Waals surface area contributed by atoms with Crippen LogP contribution in [0, 0.1) is 0 Å². The number of rotatable bonds is 0. The topological polar surface area (TPSA) is 0 Å². The molecule has 0 spiro atoms. The standard InChI is InChI=1S/C19H18.C6H6/c1-13-5-4-8-17-15(13)11-12-18-16-7-3-2-6-14(16)9-10-19(17)18;1-2-4-6-5-3-1/h2-3,6-7,9-13H,4-5,8H2,1H3;1-6H. The Balaban J connectivity index is 0.000000223. The van der Waals surface area contributed by atoms with Gasteiger partial charge in [-0.05, 0) is 57.9 Å². The molecule has 5 rings (SSSR count). The Morgan fingerprint density at radius 1 is 0.640 bits per heavy atom. The van der Waals surface area contributed by atoms with Crippen molar-refractivity contribution >= 4 is 21.5 Å². The fraction of sp³-hybridized carbons (Fsp3) is 0.200. The summed E-state index contributed by atoms with van der Waals surface area (Å²) in [5.41, 5.74) is 3.18. The lowest BCUT2D eigenvalue weighted by Crippen LogP contribution is -2.07. The second kappa shape index (κ2) is 7.11. The van der Waals surface area contributed by atoms with Crippen LogP contribution in [0.5, 0.6) is 0 Å². The Bertz CT molecular complexity index is 956. The van der Waals surface area contributed by atoms with Crippen LogP contribution in [0.4, 0.5) is 0 Å².